The van der Waals surface area contributed by atoms with Gasteiger partial charge in [-0.05, 0) is 54.2 Å². The third-order valence-electron chi connectivity index (χ3n) is 3.93. The number of nitrogens with two attached hydrogens (primary N) is 1. The van der Waals surface area contributed by atoms with E-state index in [4.69, 9.17) is 5.73 Å². The van der Waals surface area contributed by atoms with Crippen molar-refractivity contribution in [2.45, 2.75) is 47.1 Å². The van der Waals surface area contributed by atoms with Gasteiger partial charge in [0, 0.05) is 12.1 Å². The first kappa shape index (κ1) is 19.9. The second-order valence-corrected chi connectivity index (χ2v) is 5.63. The minimum Gasteiger partial charge on any atom is -0.463 e. The Kier molecular flexibility index (Phi) is 8.20. The Labute approximate surface area is 145 Å². The van der Waals surface area contributed by atoms with Crippen LogP contribution >= 0.6 is 0 Å². The Morgan fingerprint density at radius 3 is 2.25 bits per heavy atom. The maximum Gasteiger partial charge on any atom is 0.333 e. The number of carbonyl (C=O) groups excluding carboxylic acids is 1. The Morgan fingerprint density at radius 1 is 1.12 bits per heavy atom. The summed E-state index contributed by atoms with van der Waals surface area (Å²) >= 11 is 0. The van der Waals surface area contributed by atoms with Crippen molar-refractivity contribution in [1.29, 1.82) is 0 Å². The number of rotatable bonds is 5. The lowest BCUT2D eigenvalue weighted by Crippen LogP contribution is -2.05. The molecule has 0 saturated carbocycles. The van der Waals surface area contributed by atoms with Crippen molar-refractivity contribution in [3.63, 3.8) is 0 Å². The number of aryl methyl sites for hydroxylation is 1. The van der Waals surface area contributed by atoms with Gasteiger partial charge < -0.3 is 10.5 Å². The number of esters is 1. The summed E-state index contributed by atoms with van der Waals surface area (Å²) in [5.41, 5.74) is 10.6. The van der Waals surface area contributed by atoms with E-state index in [0.29, 0.717) is 18.7 Å². The van der Waals surface area contributed by atoms with Crippen LogP contribution in [-0.2, 0) is 28.9 Å². The summed E-state index contributed by atoms with van der Waals surface area (Å²) < 4.78 is 4.56. The molecule has 0 aromatic heterocycles. The zero-order valence-electron chi connectivity index (χ0n) is 15.3. The third kappa shape index (κ3) is 4.93. The maximum atomic E-state index is 10.4. The average molecular weight is 327 g/mol. The summed E-state index contributed by atoms with van der Waals surface area (Å²) in [5, 5.41) is 2.64. The molecule has 0 aliphatic heterocycles. The van der Waals surface area contributed by atoms with Gasteiger partial charge in [-0.15, -0.1) is 0 Å². The summed E-state index contributed by atoms with van der Waals surface area (Å²) in [5.74, 6) is -0.312. The molecule has 0 fully saturated rings. The number of ether oxygens (including phenoxy) is 1. The standard InChI is InChI=1S/C15H19N.C6H10O2/c1-3-11-9-12-7-5-6-8-14(12)15(10-16)13(11)4-2;1-4-8-6(7)5(2)3/h5-9H,3-4,10,16H2,1-2H3;2,4H2,1,3H3. The van der Waals surface area contributed by atoms with Gasteiger partial charge in [0.25, 0.3) is 0 Å². The van der Waals surface area contributed by atoms with Gasteiger partial charge in [-0.25, -0.2) is 4.79 Å². The molecule has 130 valence electrons. The van der Waals surface area contributed by atoms with Crippen molar-refractivity contribution >= 4 is 16.7 Å². The van der Waals surface area contributed by atoms with Gasteiger partial charge in [0.1, 0.15) is 0 Å². The molecule has 0 spiro atoms. The zero-order valence-corrected chi connectivity index (χ0v) is 15.3. The van der Waals surface area contributed by atoms with Gasteiger partial charge in [-0.3, -0.25) is 0 Å². The Bertz CT molecular complexity index is 704. The summed E-state index contributed by atoms with van der Waals surface area (Å²) in [7, 11) is 0. The van der Waals surface area contributed by atoms with Crippen LogP contribution in [0.4, 0.5) is 0 Å². The number of hydrogen-bond donors (Lipinski definition) is 1. The van der Waals surface area contributed by atoms with Gasteiger partial charge in [0.15, 0.2) is 0 Å². The minimum atomic E-state index is -0.312. The van der Waals surface area contributed by atoms with Crippen LogP contribution in [0.1, 0.15) is 44.4 Å². The van der Waals surface area contributed by atoms with Crippen LogP contribution in [-0.4, -0.2) is 12.6 Å². The molecule has 0 aliphatic carbocycles. The number of benzene rings is 2. The monoisotopic (exact) mass is 327 g/mol. The van der Waals surface area contributed by atoms with Crippen LogP contribution in [0.25, 0.3) is 10.8 Å². The topological polar surface area (TPSA) is 52.3 Å². The molecule has 24 heavy (non-hydrogen) atoms. The number of carbonyl (C=O) groups is 1. The smallest absolute Gasteiger partial charge is 0.333 e. The van der Waals surface area contributed by atoms with Crippen molar-refractivity contribution in [1.82, 2.24) is 0 Å². The lowest BCUT2D eigenvalue weighted by atomic mass is 9.91. The van der Waals surface area contributed by atoms with Crippen LogP contribution in [0.2, 0.25) is 0 Å². The molecule has 2 aromatic rings. The third-order valence-corrected chi connectivity index (χ3v) is 3.93. The maximum absolute atomic E-state index is 10.4. The van der Waals surface area contributed by atoms with E-state index in [9.17, 15) is 4.79 Å². The zero-order chi connectivity index (χ0) is 18.1. The first-order chi connectivity index (χ1) is 11.5. The highest BCUT2D eigenvalue weighted by molar-refractivity contribution is 5.88. The van der Waals surface area contributed by atoms with Gasteiger partial charge >= 0.3 is 5.97 Å². The highest BCUT2D eigenvalue weighted by atomic mass is 16.5. The Hall–Kier alpha value is -2.13. The predicted octanol–water partition coefficient (Wildman–Crippen LogP) is 4.55. The SMILES string of the molecule is C=C(C)C(=O)OCC.CCc1cc2ccccc2c(CN)c1CC. The second-order valence-electron chi connectivity index (χ2n) is 5.63. The molecule has 2 rings (SSSR count). The van der Waals surface area contributed by atoms with Gasteiger partial charge in [0.05, 0.1) is 6.61 Å². The molecule has 0 heterocycles. The lowest BCUT2D eigenvalue weighted by molar-refractivity contribution is -0.138. The van der Waals surface area contributed by atoms with E-state index in [2.05, 4.69) is 55.5 Å². The molecule has 0 aliphatic rings. The molecule has 0 saturated heterocycles. The predicted molar refractivity (Wildman–Crippen MR) is 102 cm³/mol. The largest absolute Gasteiger partial charge is 0.463 e. The van der Waals surface area contributed by atoms with E-state index in [-0.39, 0.29) is 5.97 Å². The number of fused-ring (bicyclic) bond motifs is 1. The molecular weight excluding hydrogens is 298 g/mol. The summed E-state index contributed by atoms with van der Waals surface area (Å²) in [6.45, 7) is 12.3. The van der Waals surface area contributed by atoms with E-state index in [1.165, 1.54) is 27.5 Å². The lowest BCUT2D eigenvalue weighted by Gasteiger charge is -2.15. The van der Waals surface area contributed by atoms with Crippen molar-refractivity contribution in [2.24, 2.45) is 5.73 Å². The van der Waals surface area contributed by atoms with Crippen LogP contribution < -0.4 is 5.73 Å². The molecule has 0 radical (unpaired) electrons. The molecule has 0 amide bonds. The van der Waals surface area contributed by atoms with Gasteiger partial charge in [-0.1, -0.05) is 50.8 Å². The Balaban J connectivity index is 0.000000307. The summed E-state index contributed by atoms with van der Waals surface area (Å²) in [4.78, 5) is 10.4. The van der Waals surface area contributed by atoms with E-state index in [1.54, 1.807) is 13.8 Å². The highest BCUT2D eigenvalue weighted by Crippen LogP contribution is 2.26. The number of hydrogen-bond acceptors (Lipinski definition) is 3. The average Bonchev–Trinajstić information content (AvgIpc) is 2.60. The molecule has 0 unspecified atom stereocenters. The van der Waals surface area contributed by atoms with Crippen LogP contribution in [0.3, 0.4) is 0 Å². The first-order valence-corrected chi connectivity index (χ1v) is 8.55. The normalized spacial score (nSPS) is 10.0. The summed E-state index contributed by atoms with van der Waals surface area (Å²) in [6.07, 6.45) is 2.15. The second kappa shape index (κ2) is 9.89. The Morgan fingerprint density at radius 2 is 1.79 bits per heavy atom. The summed E-state index contributed by atoms with van der Waals surface area (Å²) in [6, 6.07) is 10.8. The molecule has 0 bridgehead atoms. The van der Waals surface area contributed by atoms with E-state index in [1.807, 2.05) is 0 Å². The van der Waals surface area contributed by atoms with Gasteiger partial charge in [0.2, 0.25) is 0 Å². The highest BCUT2D eigenvalue weighted by Gasteiger charge is 2.09. The molecular formula is C21H29NO2. The van der Waals surface area contributed by atoms with Crippen LogP contribution in [0.5, 0.6) is 0 Å². The fourth-order valence-electron chi connectivity index (χ4n) is 2.77. The molecule has 2 N–H and O–H groups in total. The van der Waals surface area contributed by atoms with Crippen molar-refractivity contribution in [3.05, 3.63) is 59.2 Å². The van der Waals surface area contributed by atoms with Crippen molar-refractivity contribution < 1.29 is 9.53 Å². The van der Waals surface area contributed by atoms with E-state index >= 15 is 0 Å². The fraction of sp³-hybridized carbons (Fsp3) is 0.381. The molecule has 0 atom stereocenters. The first-order valence-electron chi connectivity index (χ1n) is 8.55. The van der Waals surface area contributed by atoms with Gasteiger partial charge in [-0.2, -0.15) is 0 Å². The molecule has 3 nitrogen and oxygen atoms in total. The minimum absolute atomic E-state index is 0.312. The van der Waals surface area contributed by atoms with Crippen molar-refractivity contribution in [3.8, 4) is 0 Å². The molecule has 3 heteroatoms. The van der Waals surface area contributed by atoms with Crippen molar-refractivity contribution in [2.75, 3.05) is 6.61 Å². The fourth-order valence-corrected chi connectivity index (χ4v) is 2.77. The van der Waals surface area contributed by atoms with E-state index in [0.717, 1.165) is 12.8 Å². The van der Waals surface area contributed by atoms with Crippen LogP contribution in [0.15, 0.2) is 42.5 Å². The van der Waals surface area contributed by atoms with E-state index < -0.39 is 0 Å². The quantitative estimate of drug-likeness (QED) is 0.647. The molecule has 2 aromatic carbocycles. The van der Waals surface area contributed by atoms with Crippen LogP contribution in [0, 0.1) is 0 Å².